The summed E-state index contributed by atoms with van der Waals surface area (Å²) >= 11 is 4.67. The van der Waals surface area contributed by atoms with Crippen LogP contribution in [0, 0.1) is 11.7 Å². The Kier molecular flexibility index (Phi) is 6.01. The van der Waals surface area contributed by atoms with E-state index in [0.29, 0.717) is 30.8 Å². The van der Waals surface area contributed by atoms with Crippen molar-refractivity contribution >= 4 is 30.5 Å². The third kappa shape index (κ3) is 4.46. The monoisotopic (exact) mass is 430 g/mol. The molecule has 0 bridgehead atoms. The minimum absolute atomic E-state index is 0.00282. The molecule has 7 nitrogen and oxygen atoms in total. The van der Waals surface area contributed by atoms with Gasteiger partial charge < -0.3 is 5.11 Å². The minimum atomic E-state index is -1.01. The van der Waals surface area contributed by atoms with E-state index in [1.54, 1.807) is 18.2 Å². The molecular formula is C21H23FN4O3S. The minimum Gasteiger partial charge on any atom is -0.480 e. The standard InChI is InChI=1S/C21H23FN4O3S/c22-17-4-2-1-3-16(17)20(21(29)13-5-6-13)25-8-7-18(30)14(11-25)9-15-10-23-24-26(15)12-19(27)28/h1-4,9-10,13,18,20,30H,5-8,11-12H2,(H,27,28). The van der Waals surface area contributed by atoms with Gasteiger partial charge in [0.2, 0.25) is 0 Å². The lowest BCUT2D eigenvalue weighted by Crippen LogP contribution is -2.42. The number of carbonyl (C=O) groups excluding carboxylic acids is 1. The number of thiol groups is 1. The molecule has 0 amide bonds. The number of carbonyl (C=O) groups is 2. The van der Waals surface area contributed by atoms with Gasteiger partial charge in [-0.05, 0) is 37.0 Å². The topological polar surface area (TPSA) is 88.3 Å². The van der Waals surface area contributed by atoms with Crippen molar-refractivity contribution in [2.45, 2.75) is 37.1 Å². The molecule has 158 valence electrons. The number of likely N-dealkylation sites (tertiary alicyclic amines) is 1. The van der Waals surface area contributed by atoms with Crippen LogP contribution in [0.3, 0.4) is 0 Å². The first-order valence-electron chi connectivity index (χ1n) is 9.95. The Morgan fingerprint density at radius 1 is 1.30 bits per heavy atom. The highest BCUT2D eigenvalue weighted by Gasteiger charge is 2.40. The zero-order valence-corrected chi connectivity index (χ0v) is 17.2. The molecule has 1 aromatic heterocycles. The SMILES string of the molecule is O=C(O)Cn1nncc1C=C1CN(C(C(=O)C2CC2)c2ccccc2F)CCC1S. The molecule has 2 atom stereocenters. The summed E-state index contributed by atoms with van der Waals surface area (Å²) in [5.74, 6) is -1.33. The van der Waals surface area contributed by atoms with Crippen LogP contribution in [0.25, 0.3) is 6.08 Å². The molecule has 1 aliphatic carbocycles. The van der Waals surface area contributed by atoms with Crippen LogP contribution in [0.5, 0.6) is 0 Å². The van der Waals surface area contributed by atoms with Gasteiger partial charge in [0.1, 0.15) is 12.4 Å². The molecule has 1 aromatic carbocycles. The summed E-state index contributed by atoms with van der Waals surface area (Å²) < 4.78 is 15.9. The predicted octanol–water partition coefficient (Wildman–Crippen LogP) is 2.61. The van der Waals surface area contributed by atoms with Crippen molar-refractivity contribution in [3.8, 4) is 0 Å². The van der Waals surface area contributed by atoms with E-state index < -0.39 is 12.0 Å². The number of carboxylic acids is 1. The first kappa shape index (κ1) is 20.7. The van der Waals surface area contributed by atoms with Gasteiger partial charge in [-0.2, -0.15) is 12.6 Å². The first-order chi connectivity index (χ1) is 14.4. The maximum Gasteiger partial charge on any atom is 0.325 e. The number of hydrogen-bond acceptors (Lipinski definition) is 6. The number of piperidine rings is 1. The van der Waals surface area contributed by atoms with Crippen LogP contribution in [0.4, 0.5) is 4.39 Å². The average molecular weight is 431 g/mol. The van der Waals surface area contributed by atoms with Gasteiger partial charge in [-0.25, -0.2) is 9.07 Å². The maximum atomic E-state index is 14.6. The molecule has 9 heteroatoms. The fraction of sp³-hybridized carbons (Fsp3) is 0.429. The van der Waals surface area contributed by atoms with Crippen LogP contribution in [-0.4, -0.2) is 55.1 Å². The van der Waals surface area contributed by atoms with Gasteiger partial charge in [-0.3, -0.25) is 14.5 Å². The predicted molar refractivity (Wildman–Crippen MR) is 111 cm³/mol. The third-order valence-corrected chi connectivity index (χ3v) is 6.17. The highest BCUT2D eigenvalue weighted by atomic mass is 32.1. The van der Waals surface area contributed by atoms with Gasteiger partial charge in [-0.1, -0.05) is 23.4 Å². The van der Waals surface area contributed by atoms with Crippen molar-refractivity contribution in [2.75, 3.05) is 13.1 Å². The van der Waals surface area contributed by atoms with Gasteiger partial charge in [0.15, 0.2) is 5.78 Å². The summed E-state index contributed by atoms with van der Waals surface area (Å²) in [4.78, 5) is 26.1. The fourth-order valence-corrected chi connectivity index (χ4v) is 4.16. The Morgan fingerprint density at radius 3 is 2.77 bits per heavy atom. The smallest absolute Gasteiger partial charge is 0.325 e. The second-order valence-electron chi connectivity index (χ2n) is 7.81. The number of hydrogen-bond donors (Lipinski definition) is 2. The van der Waals surface area contributed by atoms with Crippen molar-refractivity contribution in [3.63, 3.8) is 0 Å². The van der Waals surface area contributed by atoms with Crippen molar-refractivity contribution in [2.24, 2.45) is 5.92 Å². The number of benzene rings is 1. The molecular weight excluding hydrogens is 407 g/mol. The lowest BCUT2D eigenvalue weighted by molar-refractivity contribution is -0.138. The number of aliphatic carboxylic acids is 1. The molecule has 0 spiro atoms. The third-order valence-electron chi connectivity index (χ3n) is 5.58. The van der Waals surface area contributed by atoms with E-state index >= 15 is 0 Å². The van der Waals surface area contributed by atoms with Crippen molar-refractivity contribution in [1.29, 1.82) is 0 Å². The van der Waals surface area contributed by atoms with E-state index in [9.17, 15) is 14.0 Å². The fourth-order valence-electron chi connectivity index (χ4n) is 3.89. The summed E-state index contributed by atoms with van der Waals surface area (Å²) in [5, 5.41) is 16.6. The normalized spacial score (nSPS) is 22.2. The van der Waals surface area contributed by atoms with E-state index in [1.165, 1.54) is 16.9 Å². The molecule has 0 radical (unpaired) electrons. The largest absolute Gasteiger partial charge is 0.480 e. The number of nitrogens with zero attached hydrogens (tertiary/aromatic N) is 4. The van der Waals surface area contributed by atoms with Crippen molar-refractivity contribution in [3.05, 3.63) is 53.1 Å². The van der Waals surface area contributed by atoms with Crippen LogP contribution in [-0.2, 0) is 16.1 Å². The van der Waals surface area contributed by atoms with Crippen LogP contribution in [0.2, 0.25) is 0 Å². The van der Waals surface area contributed by atoms with Gasteiger partial charge in [0, 0.05) is 29.8 Å². The quantitative estimate of drug-likeness (QED) is 0.657. The molecule has 2 unspecified atom stereocenters. The Bertz CT molecular complexity index is 988. The van der Waals surface area contributed by atoms with Crippen LogP contribution < -0.4 is 0 Å². The number of carboxylic acid groups (broad SMARTS) is 1. The van der Waals surface area contributed by atoms with Gasteiger partial charge in [0.25, 0.3) is 0 Å². The molecule has 1 aliphatic heterocycles. The average Bonchev–Trinajstić information content (AvgIpc) is 3.48. The zero-order chi connectivity index (χ0) is 21.3. The molecule has 2 heterocycles. The molecule has 30 heavy (non-hydrogen) atoms. The molecule has 1 saturated heterocycles. The van der Waals surface area contributed by atoms with E-state index in [2.05, 4.69) is 22.9 Å². The number of Topliss-reactive ketones (excluding diaryl/α,β-unsaturated/α-hetero) is 1. The zero-order valence-electron chi connectivity index (χ0n) is 16.3. The van der Waals surface area contributed by atoms with Crippen molar-refractivity contribution < 1.29 is 19.1 Å². The number of halogens is 1. The summed E-state index contributed by atoms with van der Waals surface area (Å²) in [5.41, 5.74) is 1.89. The van der Waals surface area contributed by atoms with E-state index in [1.807, 2.05) is 11.0 Å². The van der Waals surface area contributed by atoms with Gasteiger partial charge >= 0.3 is 5.97 Å². The Hall–Kier alpha value is -2.52. The molecule has 1 saturated carbocycles. The molecule has 2 aliphatic rings. The molecule has 1 N–H and O–H groups in total. The maximum absolute atomic E-state index is 14.6. The highest BCUT2D eigenvalue weighted by molar-refractivity contribution is 7.81. The van der Waals surface area contributed by atoms with Crippen LogP contribution >= 0.6 is 12.6 Å². The van der Waals surface area contributed by atoms with Crippen molar-refractivity contribution in [1.82, 2.24) is 19.9 Å². The van der Waals surface area contributed by atoms with E-state index in [0.717, 1.165) is 18.4 Å². The Labute approximate surface area is 179 Å². The first-order valence-corrected chi connectivity index (χ1v) is 10.5. The van der Waals surface area contributed by atoms with Gasteiger partial charge in [-0.15, -0.1) is 5.10 Å². The summed E-state index contributed by atoms with van der Waals surface area (Å²) in [7, 11) is 0. The lowest BCUT2D eigenvalue weighted by atomic mass is 9.93. The Balaban J connectivity index is 1.64. The molecule has 2 aromatic rings. The molecule has 4 rings (SSSR count). The van der Waals surface area contributed by atoms with Crippen LogP contribution in [0.1, 0.15) is 36.6 Å². The lowest BCUT2D eigenvalue weighted by Gasteiger charge is -2.37. The summed E-state index contributed by atoms with van der Waals surface area (Å²) in [6.07, 6.45) is 5.73. The van der Waals surface area contributed by atoms with E-state index in [-0.39, 0.29) is 29.3 Å². The number of ketones is 1. The number of aromatic nitrogens is 3. The Morgan fingerprint density at radius 2 is 2.07 bits per heavy atom. The molecule has 2 fully saturated rings. The van der Waals surface area contributed by atoms with E-state index in [4.69, 9.17) is 5.11 Å². The van der Waals surface area contributed by atoms with Crippen LogP contribution in [0.15, 0.2) is 36.0 Å². The highest BCUT2D eigenvalue weighted by Crippen LogP contribution is 2.39. The second-order valence-corrected chi connectivity index (χ2v) is 8.43. The summed E-state index contributed by atoms with van der Waals surface area (Å²) in [6.45, 7) is 0.761. The second kappa shape index (κ2) is 8.69. The van der Waals surface area contributed by atoms with Gasteiger partial charge in [0.05, 0.1) is 17.9 Å². The number of rotatable bonds is 7. The summed E-state index contributed by atoms with van der Waals surface area (Å²) in [6, 6.07) is 5.82.